The third-order valence-corrected chi connectivity index (χ3v) is 9.82. The van der Waals surface area contributed by atoms with E-state index in [-0.39, 0.29) is 10.8 Å². The van der Waals surface area contributed by atoms with Crippen LogP contribution in [0.2, 0.25) is 0 Å². The fourth-order valence-corrected chi connectivity index (χ4v) is 8.52. The molecule has 0 N–H and O–H groups in total. The van der Waals surface area contributed by atoms with Crippen LogP contribution in [-0.4, -0.2) is 0 Å². The molecule has 3 unspecified atom stereocenters. The number of hydrogen-bond acceptors (Lipinski definition) is 0. The van der Waals surface area contributed by atoms with Crippen LogP contribution in [0.3, 0.4) is 0 Å². The van der Waals surface area contributed by atoms with Crippen LogP contribution in [0.4, 0.5) is 0 Å². The molecule has 2 aromatic carbocycles. The smallest absolute Gasteiger partial charge is 0.0173 e. The summed E-state index contributed by atoms with van der Waals surface area (Å²) in [7, 11) is 0. The molecule has 184 valence electrons. The van der Waals surface area contributed by atoms with Gasteiger partial charge in [0.25, 0.3) is 0 Å². The van der Waals surface area contributed by atoms with Gasteiger partial charge < -0.3 is 0 Å². The van der Waals surface area contributed by atoms with Crippen molar-refractivity contribution in [3.05, 3.63) is 80.9 Å². The van der Waals surface area contributed by atoms with Gasteiger partial charge in [0.15, 0.2) is 0 Å². The number of fused-ring (bicyclic) bond motifs is 5. The second-order valence-corrected chi connectivity index (χ2v) is 14.2. The standard InChI is InChI=1S/C35H44/c1-20-16-28-26(18-30(20)34(3,4)5)27-19-31(35(6,7)8)21(2)17-29(27)33(28)32-24-13-10-9-12-22(24)23-14-11-15-25(23)32/h11,15-19,22,24,32-33H,9-10,12-14H2,1-8H3. The molecule has 0 spiro atoms. The summed E-state index contributed by atoms with van der Waals surface area (Å²) in [4.78, 5) is 0. The fourth-order valence-electron chi connectivity index (χ4n) is 8.52. The predicted molar refractivity (Wildman–Crippen MR) is 150 cm³/mol. The molecular formula is C35H44. The Labute approximate surface area is 213 Å². The molecule has 0 radical (unpaired) electrons. The Balaban J connectivity index is 1.61. The summed E-state index contributed by atoms with van der Waals surface area (Å²) in [5.74, 6) is 2.80. The first-order valence-corrected chi connectivity index (χ1v) is 14.2. The van der Waals surface area contributed by atoms with Gasteiger partial charge in [0.1, 0.15) is 0 Å². The van der Waals surface area contributed by atoms with E-state index in [4.69, 9.17) is 0 Å². The van der Waals surface area contributed by atoms with Crippen LogP contribution in [0, 0.1) is 31.6 Å². The molecule has 4 aliphatic carbocycles. The molecule has 35 heavy (non-hydrogen) atoms. The van der Waals surface area contributed by atoms with Gasteiger partial charge in [-0.15, -0.1) is 0 Å². The summed E-state index contributed by atoms with van der Waals surface area (Å²) in [5.41, 5.74) is 16.0. The maximum atomic E-state index is 2.60. The van der Waals surface area contributed by atoms with Gasteiger partial charge in [-0.1, -0.05) is 96.4 Å². The fraction of sp³-hybridized carbons (Fsp3) is 0.543. The zero-order chi connectivity index (χ0) is 24.9. The SMILES string of the molecule is Cc1cc2c(cc1C(C)(C)C)-c1cc(C(C)(C)C)c(C)cc1C2C1C2=C(CC=C2)C2CCCCC21. The lowest BCUT2D eigenvalue weighted by Crippen LogP contribution is -2.27. The molecule has 0 saturated heterocycles. The Morgan fingerprint density at radius 1 is 0.714 bits per heavy atom. The highest BCUT2D eigenvalue weighted by Crippen LogP contribution is 2.62. The molecule has 0 nitrogen and oxygen atoms in total. The molecule has 0 aromatic heterocycles. The largest absolute Gasteiger partial charge is 0.0802 e. The van der Waals surface area contributed by atoms with Crippen molar-refractivity contribution in [1.82, 2.24) is 0 Å². The van der Waals surface area contributed by atoms with E-state index in [0.717, 1.165) is 11.8 Å². The van der Waals surface area contributed by atoms with Gasteiger partial charge in [0.05, 0.1) is 0 Å². The highest BCUT2D eigenvalue weighted by molar-refractivity contribution is 5.82. The number of rotatable bonds is 1. The maximum absolute atomic E-state index is 2.60. The average molecular weight is 465 g/mol. The quantitative estimate of drug-likeness (QED) is 0.394. The topological polar surface area (TPSA) is 0 Å². The summed E-state index contributed by atoms with van der Waals surface area (Å²) in [6.45, 7) is 18.9. The minimum absolute atomic E-state index is 0.153. The van der Waals surface area contributed by atoms with Gasteiger partial charge in [-0.3, -0.25) is 0 Å². The van der Waals surface area contributed by atoms with Crippen LogP contribution in [0.25, 0.3) is 11.1 Å². The second kappa shape index (κ2) is 7.71. The zero-order valence-electron chi connectivity index (χ0n) is 23.3. The summed E-state index contributed by atoms with van der Waals surface area (Å²) in [6, 6.07) is 10.4. The third-order valence-electron chi connectivity index (χ3n) is 9.82. The third kappa shape index (κ3) is 3.46. The van der Waals surface area contributed by atoms with E-state index in [1.807, 2.05) is 0 Å². The lowest BCUT2D eigenvalue weighted by atomic mass is 9.68. The summed E-state index contributed by atoms with van der Waals surface area (Å²) in [6.07, 6.45) is 11.9. The van der Waals surface area contributed by atoms with Gasteiger partial charge >= 0.3 is 0 Å². The van der Waals surface area contributed by atoms with E-state index in [1.165, 1.54) is 65.5 Å². The first-order valence-electron chi connectivity index (χ1n) is 14.2. The summed E-state index contributed by atoms with van der Waals surface area (Å²) in [5, 5.41) is 0. The maximum Gasteiger partial charge on any atom is 0.0173 e. The van der Waals surface area contributed by atoms with Crippen LogP contribution in [0.1, 0.15) is 113 Å². The first-order chi connectivity index (χ1) is 16.5. The van der Waals surface area contributed by atoms with Crippen LogP contribution >= 0.6 is 0 Å². The van der Waals surface area contributed by atoms with Gasteiger partial charge in [0.2, 0.25) is 0 Å². The van der Waals surface area contributed by atoms with Crippen molar-refractivity contribution in [2.75, 3.05) is 0 Å². The average Bonchev–Trinajstić information content (AvgIpc) is 3.42. The summed E-state index contributed by atoms with van der Waals surface area (Å²) >= 11 is 0. The molecule has 6 rings (SSSR count). The van der Waals surface area contributed by atoms with Gasteiger partial charge in [-0.05, 0) is 112 Å². The van der Waals surface area contributed by atoms with Crippen molar-refractivity contribution in [2.24, 2.45) is 17.8 Å². The Kier molecular flexibility index (Phi) is 5.14. The van der Waals surface area contributed by atoms with E-state index >= 15 is 0 Å². The van der Waals surface area contributed by atoms with Crippen LogP contribution in [-0.2, 0) is 10.8 Å². The van der Waals surface area contributed by atoms with Gasteiger partial charge in [-0.2, -0.15) is 0 Å². The predicted octanol–water partition coefficient (Wildman–Crippen LogP) is 9.70. The van der Waals surface area contributed by atoms with Crippen LogP contribution in [0.5, 0.6) is 0 Å². The molecule has 2 aromatic rings. The Hall–Kier alpha value is -2.08. The minimum Gasteiger partial charge on any atom is -0.0802 e. The zero-order valence-corrected chi connectivity index (χ0v) is 23.3. The van der Waals surface area contributed by atoms with E-state index in [1.54, 1.807) is 22.3 Å². The Morgan fingerprint density at radius 3 is 1.80 bits per heavy atom. The normalized spacial score (nSPS) is 25.7. The lowest BCUT2D eigenvalue weighted by molar-refractivity contribution is 0.224. The van der Waals surface area contributed by atoms with Gasteiger partial charge in [-0.25, -0.2) is 0 Å². The molecule has 0 amide bonds. The van der Waals surface area contributed by atoms with E-state index in [0.29, 0.717) is 11.8 Å². The number of benzene rings is 2. The lowest BCUT2D eigenvalue weighted by Gasteiger charge is -2.36. The highest BCUT2D eigenvalue weighted by atomic mass is 14.5. The van der Waals surface area contributed by atoms with Crippen LogP contribution < -0.4 is 0 Å². The van der Waals surface area contributed by atoms with Crippen molar-refractivity contribution < 1.29 is 0 Å². The molecular weight excluding hydrogens is 420 g/mol. The molecule has 3 atom stereocenters. The first kappa shape index (κ1) is 23.3. The molecule has 4 aliphatic rings. The van der Waals surface area contributed by atoms with E-state index in [2.05, 4.69) is 91.8 Å². The molecule has 0 bridgehead atoms. The monoisotopic (exact) mass is 464 g/mol. The van der Waals surface area contributed by atoms with E-state index in [9.17, 15) is 0 Å². The van der Waals surface area contributed by atoms with E-state index < -0.39 is 0 Å². The summed E-state index contributed by atoms with van der Waals surface area (Å²) < 4.78 is 0. The molecule has 1 fully saturated rings. The van der Waals surface area contributed by atoms with Crippen molar-refractivity contribution in [1.29, 1.82) is 0 Å². The number of allylic oxidation sites excluding steroid dienone is 4. The second-order valence-electron chi connectivity index (χ2n) is 14.2. The molecule has 1 saturated carbocycles. The van der Waals surface area contributed by atoms with Gasteiger partial charge in [0, 0.05) is 5.92 Å². The van der Waals surface area contributed by atoms with Crippen molar-refractivity contribution >= 4 is 0 Å². The number of aryl methyl sites for hydroxylation is 2. The minimum atomic E-state index is 0.153. The molecule has 0 aliphatic heterocycles. The Morgan fingerprint density at radius 2 is 1.26 bits per heavy atom. The van der Waals surface area contributed by atoms with Crippen molar-refractivity contribution in [3.63, 3.8) is 0 Å². The van der Waals surface area contributed by atoms with Crippen molar-refractivity contribution in [3.8, 4) is 11.1 Å². The Bertz CT molecular complexity index is 1200. The number of hydrogen-bond donors (Lipinski definition) is 0. The van der Waals surface area contributed by atoms with Crippen molar-refractivity contribution in [2.45, 2.75) is 104 Å². The molecule has 0 heterocycles. The molecule has 0 heteroatoms. The van der Waals surface area contributed by atoms with Crippen LogP contribution in [0.15, 0.2) is 47.6 Å². The highest BCUT2D eigenvalue weighted by Gasteiger charge is 2.49.